The van der Waals surface area contributed by atoms with Gasteiger partial charge in [0.1, 0.15) is 0 Å². The van der Waals surface area contributed by atoms with Crippen molar-refractivity contribution < 1.29 is 4.74 Å². The molecule has 4 nitrogen and oxygen atoms in total. The molecule has 2 heterocycles. The summed E-state index contributed by atoms with van der Waals surface area (Å²) in [7, 11) is 1.72. The number of nitrogens with one attached hydrogen (secondary N) is 1. The first-order valence-electron chi connectivity index (χ1n) is 6.23. The molecule has 1 atom stereocenters. The van der Waals surface area contributed by atoms with Crippen molar-refractivity contribution >= 4 is 15.9 Å². The van der Waals surface area contributed by atoms with Crippen molar-refractivity contribution in [3.8, 4) is 0 Å². The van der Waals surface area contributed by atoms with Gasteiger partial charge in [-0.2, -0.15) is 5.10 Å². The molecule has 96 valence electrons. The van der Waals surface area contributed by atoms with E-state index in [0.29, 0.717) is 12.6 Å². The summed E-state index contributed by atoms with van der Waals surface area (Å²) < 4.78 is 8.27. The quantitative estimate of drug-likeness (QED) is 0.904. The zero-order valence-corrected chi connectivity index (χ0v) is 11.9. The number of halogens is 1. The molecular formula is C12H20BrN3O. The number of rotatable bonds is 5. The molecule has 1 saturated heterocycles. The largest absolute Gasteiger partial charge is 0.383 e. The molecule has 0 aliphatic carbocycles. The Balaban J connectivity index is 1.99. The van der Waals surface area contributed by atoms with Gasteiger partial charge in [0, 0.05) is 19.6 Å². The number of hydrogen-bond donors (Lipinski definition) is 1. The smallest absolute Gasteiger partial charge is 0.0658 e. The van der Waals surface area contributed by atoms with Crippen molar-refractivity contribution in [3.63, 3.8) is 0 Å². The normalized spacial score (nSPS) is 20.7. The zero-order chi connectivity index (χ0) is 12.1. The Morgan fingerprint density at radius 3 is 3.18 bits per heavy atom. The highest BCUT2D eigenvalue weighted by atomic mass is 79.9. The SMILES string of the molecule is COCCn1ncc(Br)c1CC1CCCCN1. The first-order chi connectivity index (χ1) is 8.31. The van der Waals surface area contributed by atoms with Gasteiger partial charge in [-0.15, -0.1) is 0 Å². The first kappa shape index (κ1) is 13.1. The van der Waals surface area contributed by atoms with Gasteiger partial charge >= 0.3 is 0 Å². The molecule has 0 amide bonds. The molecule has 1 N–H and O–H groups in total. The zero-order valence-electron chi connectivity index (χ0n) is 10.3. The van der Waals surface area contributed by atoms with Crippen LogP contribution in [-0.2, 0) is 17.7 Å². The van der Waals surface area contributed by atoms with Gasteiger partial charge in [-0.3, -0.25) is 4.68 Å². The minimum Gasteiger partial charge on any atom is -0.383 e. The summed E-state index contributed by atoms with van der Waals surface area (Å²) in [4.78, 5) is 0. The fourth-order valence-electron chi connectivity index (χ4n) is 2.29. The van der Waals surface area contributed by atoms with E-state index in [2.05, 4.69) is 26.3 Å². The third-order valence-electron chi connectivity index (χ3n) is 3.26. The molecule has 0 saturated carbocycles. The summed E-state index contributed by atoms with van der Waals surface area (Å²) in [6.07, 6.45) is 6.84. The molecule has 17 heavy (non-hydrogen) atoms. The number of aromatic nitrogens is 2. The molecule has 5 heteroatoms. The van der Waals surface area contributed by atoms with Crippen LogP contribution in [-0.4, -0.2) is 36.1 Å². The van der Waals surface area contributed by atoms with E-state index in [1.165, 1.54) is 25.0 Å². The minimum atomic E-state index is 0.595. The lowest BCUT2D eigenvalue weighted by Gasteiger charge is -2.23. The van der Waals surface area contributed by atoms with E-state index >= 15 is 0 Å². The summed E-state index contributed by atoms with van der Waals surface area (Å²) >= 11 is 3.58. The van der Waals surface area contributed by atoms with E-state index in [1.54, 1.807) is 7.11 Å². The average Bonchev–Trinajstić information content (AvgIpc) is 2.70. The summed E-state index contributed by atoms with van der Waals surface area (Å²) in [5.41, 5.74) is 1.28. The van der Waals surface area contributed by atoms with Crippen LogP contribution in [0.15, 0.2) is 10.7 Å². The van der Waals surface area contributed by atoms with Crippen LogP contribution in [0.25, 0.3) is 0 Å². The van der Waals surface area contributed by atoms with Crippen LogP contribution in [0.2, 0.25) is 0 Å². The van der Waals surface area contributed by atoms with Gasteiger partial charge in [0.25, 0.3) is 0 Å². The van der Waals surface area contributed by atoms with E-state index in [-0.39, 0.29) is 0 Å². The Kier molecular flexibility index (Phi) is 5.00. The maximum atomic E-state index is 5.11. The van der Waals surface area contributed by atoms with Crippen molar-refractivity contribution in [3.05, 3.63) is 16.4 Å². The van der Waals surface area contributed by atoms with Crippen molar-refractivity contribution in [2.45, 2.75) is 38.3 Å². The maximum Gasteiger partial charge on any atom is 0.0658 e. The number of ether oxygens (including phenoxy) is 1. The van der Waals surface area contributed by atoms with E-state index in [1.807, 2.05) is 10.9 Å². The van der Waals surface area contributed by atoms with E-state index in [9.17, 15) is 0 Å². The molecule has 0 aromatic carbocycles. The van der Waals surface area contributed by atoms with E-state index in [0.717, 1.165) is 24.0 Å². The Hall–Kier alpha value is -0.390. The second kappa shape index (κ2) is 6.52. The van der Waals surface area contributed by atoms with Gasteiger partial charge in [-0.1, -0.05) is 6.42 Å². The van der Waals surface area contributed by atoms with Crippen LogP contribution in [0.3, 0.4) is 0 Å². The highest BCUT2D eigenvalue weighted by Crippen LogP contribution is 2.20. The van der Waals surface area contributed by atoms with Crippen molar-refractivity contribution in [1.29, 1.82) is 0 Å². The van der Waals surface area contributed by atoms with Gasteiger partial charge in [0.05, 0.1) is 29.5 Å². The summed E-state index contributed by atoms with van der Waals surface area (Å²) in [6, 6.07) is 0.595. The number of hydrogen-bond acceptors (Lipinski definition) is 3. The lowest BCUT2D eigenvalue weighted by atomic mass is 10.0. The lowest BCUT2D eigenvalue weighted by molar-refractivity contribution is 0.182. The molecule has 1 aromatic rings. The topological polar surface area (TPSA) is 39.1 Å². The first-order valence-corrected chi connectivity index (χ1v) is 7.03. The molecule has 1 aliphatic rings. The van der Waals surface area contributed by atoms with Gasteiger partial charge in [-0.25, -0.2) is 0 Å². The summed E-state index contributed by atoms with van der Waals surface area (Å²) in [5.74, 6) is 0. The predicted octanol–water partition coefficient (Wildman–Crippen LogP) is 1.98. The van der Waals surface area contributed by atoms with E-state index in [4.69, 9.17) is 4.74 Å². The highest BCUT2D eigenvalue weighted by Gasteiger charge is 2.17. The second-order valence-electron chi connectivity index (χ2n) is 4.51. The van der Waals surface area contributed by atoms with Gasteiger partial charge in [-0.05, 0) is 35.3 Å². The Bertz CT molecular complexity index is 348. The van der Waals surface area contributed by atoms with Crippen LogP contribution in [0, 0.1) is 0 Å². The monoisotopic (exact) mass is 301 g/mol. The standard InChI is InChI=1S/C12H20BrN3O/c1-17-7-6-16-12(11(13)9-15-16)8-10-4-2-3-5-14-10/h9-10,14H,2-8H2,1H3. The van der Waals surface area contributed by atoms with Crippen LogP contribution < -0.4 is 5.32 Å². The minimum absolute atomic E-state index is 0.595. The number of nitrogens with zero attached hydrogens (tertiary/aromatic N) is 2. The second-order valence-corrected chi connectivity index (χ2v) is 5.36. The molecule has 2 rings (SSSR count). The fraction of sp³-hybridized carbons (Fsp3) is 0.750. The Labute approximate surface area is 111 Å². The Morgan fingerprint density at radius 2 is 2.47 bits per heavy atom. The van der Waals surface area contributed by atoms with Gasteiger partial charge in [0.2, 0.25) is 0 Å². The third kappa shape index (κ3) is 3.53. The summed E-state index contributed by atoms with van der Waals surface area (Å²) in [6.45, 7) is 2.68. The molecule has 1 aromatic heterocycles. The predicted molar refractivity (Wildman–Crippen MR) is 71.1 cm³/mol. The number of methoxy groups -OCH3 is 1. The van der Waals surface area contributed by atoms with Crippen LogP contribution >= 0.6 is 15.9 Å². The van der Waals surface area contributed by atoms with Crippen molar-refractivity contribution in [1.82, 2.24) is 15.1 Å². The molecule has 1 fully saturated rings. The number of piperidine rings is 1. The van der Waals surface area contributed by atoms with Crippen LogP contribution in [0.4, 0.5) is 0 Å². The molecule has 0 radical (unpaired) electrons. The van der Waals surface area contributed by atoms with E-state index < -0.39 is 0 Å². The molecule has 0 spiro atoms. The van der Waals surface area contributed by atoms with Crippen molar-refractivity contribution in [2.75, 3.05) is 20.3 Å². The average molecular weight is 302 g/mol. The van der Waals surface area contributed by atoms with Crippen molar-refractivity contribution in [2.24, 2.45) is 0 Å². The van der Waals surface area contributed by atoms with Gasteiger partial charge in [0.15, 0.2) is 0 Å². The molecular weight excluding hydrogens is 282 g/mol. The lowest BCUT2D eigenvalue weighted by Crippen LogP contribution is -2.36. The van der Waals surface area contributed by atoms with Crippen LogP contribution in [0.5, 0.6) is 0 Å². The highest BCUT2D eigenvalue weighted by molar-refractivity contribution is 9.10. The van der Waals surface area contributed by atoms with Gasteiger partial charge < -0.3 is 10.1 Å². The summed E-state index contributed by atoms with van der Waals surface area (Å²) in [5, 5.41) is 7.96. The third-order valence-corrected chi connectivity index (χ3v) is 3.92. The molecule has 1 aliphatic heterocycles. The Morgan fingerprint density at radius 1 is 1.59 bits per heavy atom. The molecule has 0 bridgehead atoms. The fourth-order valence-corrected chi connectivity index (χ4v) is 2.75. The maximum absolute atomic E-state index is 5.11. The molecule has 1 unspecified atom stereocenters. The van der Waals surface area contributed by atoms with Crippen LogP contribution in [0.1, 0.15) is 25.0 Å².